The van der Waals surface area contributed by atoms with E-state index in [1.807, 2.05) is 59.9 Å². The van der Waals surface area contributed by atoms with Crippen LogP contribution in [0.5, 0.6) is 5.75 Å². The lowest BCUT2D eigenvalue weighted by Crippen LogP contribution is -2.22. The van der Waals surface area contributed by atoms with Gasteiger partial charge in [0.2, 0.25) is 5.78 Å². The largest absolute Gasteiger partial charge is 0.497 e. The van der Waals surface area contributed by atoms with Crippen LogP contribution in [0, 0.1) is 0 Å². The van der Waals surface area contributed by atoms with Gasteiger partial charge in [-0.1, -0.05) is 19.1 Å². The summed E-state index contributed by atoms with van der Waals surface area (Å²) in [7, 11) is 1.61. The highest BCUT2D eigenvalue weighted by molar-refractivity contribution is 5.81. The first kappa shape index (κ1) is 14.4. The Morgan fingerprint density at radius 1 is 1.04 bits per heavy atom. The first-order chi connectivity index (χ1) is 11.7. The SMILES string of the molecule is CCc1nnc2n(-c3ccc(OC)cc3)c(=O)c3ccccc3n12. The highest BCUT2D eigenvalue weighted by Gasteiger charge is 2.16. The summed E-state index contributed by atoms with van der Waals surface area (Å²) in [6.07, 6.45) is 0.728. The molecule has 24 heavy (non-hydrogen) atoms. The van der Waals surface area contributed by atoms with Crippen LogP contribution in [0.3, 0.4) is 0 Å². The van der Waals surface area contributed by atoms with Crippen molar-refractivity contribution < 1.29 is 4.74 Å². The van der Waals surface area contributed by atoms with Crippen LogP contribution in [0.4, 0.5) is 0 Å². The first-order valence-corrected chi connectivity index (χ1v) is 7.76. The van der Waals surface area contributed by atoms with E-state index in [9.17, 15) is 4.79 Å². The molecular weight excluding hydrogens is 304 g/mol. The van der Waals surface area contributed by atoms with Crippen LogP contribution in [-0.2, 0) is 6.42 Å². The summed E-state index contributed by atoms with van der Waals surface area (Å²) >= 11 is 0. The lowest BCUT2D eigenvalue weighted by Gasteiger charge is -2.11. The predicted octanol–water partition coefficient (Wildman–Crippen LogP) is 2.60. The molecule has 6 nitrogen and oxygen atoms in total. The van der Waals surface area contributed by atoms with Gasteiger partial charge in [0.25, 0.3) is 5.56 Å². The molecule has 120 valence electrons. The second kappa shape index (κ2) is 5.49. The Balaban J connectivity index is 2.15. The zero-order chi connectivity index (χ0) is 16.7. The van der Waals surface area contributed by atoms with E-state index in [2.05, 4.69) is 10.2 Å². The zero-order valence-corrected chi connectivity index (χ0v) is 13.4. The van der Waals surface area contributed by atoms with Gasteiger partial charge in [0.05, 0.1) is 23.7 Å². The molecule has 2 aromatic carbocycles. The molecule has 2 aromatic heterocycles. The Hall–Kier alpha value is -3.15. The third-order valence-electron chi connectivity index (χ3n) is 4.14. The van der Waals surface area contributed by atoms with Crippen molar-refractivity contribution in [3.63, 3.8) is 0 Å². The fraction of sp³-hybridized carbons (Fsp3) is 0.167. The van der Waals surface area contributed by atoms with Crippen molar-refractivity contribution in [1.29, 1.82) is 0 Å². The summed E-state index contributed by atoms with van der Waals surface area (Å²) in [5.41, 5.74) is 1.44. The lowest BCUT2D eigenvalue weighted by atomic mass is 10.2. The van der Waals surface area contributed by atoms with Crippen molar-refractivity contribution in [3.05, 3.63) is 64.7 Å². The topological polar surface area (TPSA) is 61.4 Å². The van der Waals surface area contributed by atoms with E-state index in [0.717, 1.165) is 29.2 Å². The molecule has 0 unspecified atom stereocenters. The number of hydrogen-bond acceptors (Lipinski definition) is 4. The lowest BCUT2D eigenvalue weighted by molar-refractivity contribution is 0.414. The quantitative estimate of drug-likeness (QED) is 0.582. The van der Waals surface area contributed by atoms with E-state index in [-0.39, 0.29) is 5.56 Å². The van der Waals surface area contributed by atoms with Gasteiger partial charge in [0.1, 0.15) is 11.6 Å². The molecule has 2 heterocycles. The van der Waals surface area contributed by atoms with Crippen molar-refractivity contribution in [2.24, 2.45) is 0 Å². The Kier molecular flexibility index (Phi) is 3.30. The van der Waals surface area contributed by atoms with Crippen molar-refractivity contribution in [2.75, 3.05) is 7.11 Å². The molecule has 0 fully saturated rings. The second-order valence-electron chi connectivity index (χ2n) is 5.46. The molecule has 0 aliphatic carbocycles. The number of fused-ring (bicyclic) bond motifs is 3. The van der Waals surface area contributed by atoms with E-state index in [1.54, 1.807) is 11.7 Å². The zero-order valence-electron chi connectivity index (χ0n) is 13.4. The summed E-state index contributed by atoms with van der Waals surface area (Å²) < 4.78 is 8.73. The minimum Gasteiger partial charge on any atom is -0.497 e. The average Bonchev–Trinajstić information content (AvgIpc) is 3.06. The van der Waals surface area contributed by atoms with Gasteiger partial charge in [0.15, 0.2) is 0 Å². The van der Waals surface area contributed by atoms with Crippen LogP contribution in [0.25, 0.3) is 22.4 Å². The molecule has 0 atom stereocenters. The Labute approximate surface area is 137 Å². The standard InChI is InChI=1S/C18H16N4O2/c1-3-16-19-20-18-21(12-8-10-13(24-2)11-9-12)17(23)14-6-4-5-7-15(14)22(16)18/h4-11H,3H2,1-2H3. The Bertz CT molecular complexity index is 1090. The van der Waals surface area contributed by atoms with Gasteiger partial charge in [-0.15, -0.1) is 10.2 Å². The summed E-state index contributed by atoms with van der Waals surface area (Å²) in [5.74, 6) is 2.07. The number of methoxy groups -OCH3 is 1. The smallest absolute Gasteiger partial charge is 0.267 e. The van der Waals surface area contributed by atoms with Crippen LogP contribution in [0.2, 0.25) is 0 Å². The fourth-order valence-corrected chi connectivity index (χ4v) is 2.95. The maximum Gasteiger partial charge on any atom is 0.267 e. The first-order valence-electron chi connectivity index (χ1n) is 7.76. The van der Waals surface area contributed by atoms with Crippen LogP contribution in [0.1, 0.15) is 12.7 Å². The molecule has 4 rings (SSSR count). The summed E-state index contributed by atoms with van der Waals surface area (Å²) in [4.78, 5) is 13.0. The molecule has 0 radical (unpaired) electrons. The van der Waals surface area contributed by atoms with Gasteiger partial charge < -0.3 is 4.74 Å². The monoisotopic (exact) mass is 320 g/mol. The number of para-hydroxylation sites is 1. The highest BCUT2D eigenvalue weighted by Crippen LogP contribution is 2.19. The van der Waals surface area contributed by atoms with E-state index in [4.69, 9.17) is 4.74 Å². The van der Waals surface area contributed by atoms with Crippen LogP contribution >= 0.6 is 0 Å². The maximum absolute atomic E-state index is 13.0. The molecule has 0 aliphatic rings. The molecular formula is C18H16N4O2. The third kappa shape index (κ3) is 2.00. The average molecular weight is 320 g/mol. The Morgan fingerprint density at radius 3 is 2.50 bits per heavy atom. The molecule has 0 saturated carbocycles. The van der Waals surface area contributed by atoms with E-state index >= 15 is 0 Å². The molecule has 0 spiro atoms. The number of rotatable bonds is 3. The number of nitrogens with zero attached hydrogens (tertiary/aromatic N) is 4. The third-order valence-corrected chi connectivity index (χ3v) is 4.14. The van der Waals surface area contributed by atoms with Gasteiger partial charge in [-0.05, 0) is 36.4 Å². The number of hydrogen-bond donors (Lipinski definition) is 0. The number of aryl methyl sites for hydroxylation is 1. The highest BCUT2D eigenvalue weighted by atomic mass is 16.5. The van der Waals surface area contributed by atoms with Gasteiger partial charge in [-0.25, -0.2) is 4.57 Å². The van der Waals surface area contributed by atoms with E-state index < -0.39 is 0 Å². The van der Waals surface area contributed by atoms with E-state index in [1.165, 1.54) is 0 Å². The fourth-order valence-electron chi connectivity index (χ4n) is 2.95. The molecule has 0 N–H and O–H groups in total. The van der Waals surface area contributed by atoms with Crippen LogP contribution < -0.4 is 10.3 Å². The van der Waals surface area contributed by atoms with Gasteiger partial charge in [0, 0.05) is 6.42 Å². The molecule has 4 aromatic rings. The summed E-state index contributed by atoms with van der Waals surface area (Å²) in [5, 5.41) is 9.15. The maximum atomic E-state index is 13.0. The van der Waals surface area contributed by atoms with E-state index in [0.29, 0.717) is 11.2 Å². The normalized spacial score (nSPS) is 11.2. The van der Waals surface area contributed by atoms with Gasteiger partial charge >= 0.3 is 0 Å². The molecule has 6 heteroatoms. The van der Waals surface area contributed by atoms with Crippen molar-refractivity contribution in [3.8, 4) is 11.4 Å². The minimum absolute atomic E-state index is 0.113. The summed E-state index contributed by atoms with van der Waals surface area (Å²) in [6, 6.07) is 14.9. The van der Waals surface area contributed by atoms with Crippen molar-refractivity contribution in [2.45, 2.75) is 13.3 Å². The van der Waals surface area contributed by atoms with Gasteiger partial charge in [-0.2, -0.15) is 0 Å². The summed E-state index contributed by atoms with van der Waals surface area (Å²) in [6.45, 7) is 2.02. The number of aromatic nitrogens is 4. The minimum atomic E-state index is -0.113. The molecule has 0 bridgehead atoms. The predicted molar refractivity (Wildman–Crippen MR) is 92.0 cm³/mol. The molecule has 0 saturated heterocycles. The molecule has 0 aliphatic heterocycles. The van der Waals surface area contributed by atoms with Gasteiger partial charge in [-0.3, -0.25) is 9.20 Å². The van der Waals surface area contributed by atoms with Crippen molar-refractivity contribution >= 4 is 16.7 Å². The Morgan fingerprint density at radius 2 is 1.79 bits per heavy atom. The number of ether oxygens (including phenoxy) is 1. The van der Waals surface area contributed by atoms with Crippen molar-refractivity contribution in [1.82, 2.24) is 19.2 Å². The molecule has 0 amide bonds. The van der Waals surface area contributed by atoms with Crippen LogP contribution in [-0.4, -0.2) is 26.3 Å². The number of benzene rings is 2. The second-order valence-corrected chi connectivity index (χ2v) is 5.46. The van der Waals surface area contributed by atoms with Crippen LogP contribution in [0.15, 0.2) is 53.3 Å².